The van der Waals surface area contributed by atoms with Crippen molar-refractivity contribution in [3.63, 3.8) is 0 Å². The summed E-state index contributed by atoms with van der Waals surface area (Å²) in [6, 6.07) is 7.01. The highest BCUT2D eigenvalue weighted by Gasteiger charge is 2.22. The van der Waals surface area contributed by atoms with Crippen LogP contribution < -0.4 is 5.32 Å². The molecule has 2 aromatic rings. The van der Waals surface area contributed by atoms with Crippen molar-refractivity contribution in [3.8, 4) is 0 Å². The molecule has 0 fully saturated rings. The second-order valence-corrected chi connectivity index (χ2v) is 4.38. The highest BCUT2D eigenvalue weighted by molar-refractivity contribution is 5.88. The number of carboxylic acid groups (broad SMARTS) is 1. The number of hydrogen-bond donors (Lipinski definition) is 3. The fourth-order valence-electron chi connectivity index (χ4n) is 1.99. The quantitative estimate of drug-likeness (QED) is 0.757. The number of nitrogens with one attached hydrogen (secondary N) is 2. The largest absolute Gasteiger partial charge is 0.480 e. The Labute approximate surface area is 99.7 Å². The van der Waals surface area contributed by atoms with Crippen LogP contribution in [-0.2, 0) is 4.79 Å². The maximum atomic E-state index is 11.3. The van der Waals surface area contributed by atoms with Crippen molar-refractivity contribution < 1.29 is 9.90 Å². The summed E-state index contributed by atoms with van der Waals surface area (Å²) >= 11 is 0. The van der Waals surface area contributed by atoms with E-state index in [-0.39, 0.29) is 6.04 Å². The molecule has 0 bridgehead atoms. The average Bonchev–Trinajstić information content (AvgIpc) is 2.73. The standard InChI is InChI=1S/C13H16N2O2/c1-8(2)15-12(13(16)17)10-4-3-5-11-9(10)6-7-14-11/h3-8,12,14-15H,1-2H3,(H,16,17). The fraction of sp³-hybridized carbons (Fsp3) is 0.308. The summed E-state index contributed by atoms with van der Waals surface area (Å²) in [7, 11) is 0. The minimum absolute atomic E-state index is 0.116. The molecule has 3 N–H and O–H groups in total. The zero-order valence-corrected chi connectivity index (χ0v) is 9.90. The Morgan fingerprint density at radius 1 is 1.35 bits per heavy atom. The molecule has 4 heteroatoms. The molecule has 0 spiro atoms. The topological polar surface area (TPSA) is 65.1 Å². The number of aromatic amines is 1. The molecule has 1 aromatic carbocycles. The van der Waals surface area contributed by atoms with Crippen molar-refractivity contribution in [1.82, 2.24) is 10.3 Å². The van der Waals surface area contributed by atoms with Crippen LogP contribution in [0.3, 0.4) is 0 Å². The Morgan fingerprint density at radius 2 is 2.12 bits per heavy atom. The van der Waals surface area contributed by atoms with Crippen molar-refractivity contribution in [2.75, 3.05) is 0 Å². The zero-order valence-electron chi connectivity index (χ0n) is 9.90. The second kappa shape index (κ2) is 4.59. The molecule has 1 aromatic heterocycles. The molecule has 1 atom stereocenters. The van der Waals surface area contributed by atoms with Gasteiger partial charge >= 0.3 is 5.97 Å². The lowest BCUT2D eigenvalue weighted by atomic mass is 10.0. The van der Waals surface area contributed by atoms with Gasteiger partial charge in [-0.1, -0.05) is 12.1 Å². The van der Waals surface area contributed by atoms with E-state index in [1.807, 2.05) is 44.3 Å². The van der Waals surface area contributed by atoms with Crippen LogP contribution in [0.1, 0.15) is 25.5 Å². The van der Waals surface area contributed by atoms with Crippen molar-refractivity contribution in [1.29, 1.82) is 0 Å². The number of fused-ring (bicyclic) bond motifs is 1. The lowest BCUT2D eigenvalue weighted by Gasteiger charge is -2.18. The van der Waals surface area contributed by atoms with Gasteiger partial charge in [-0.2, -0.15) is 0 Å². The van der Waals surface area contributed by atoms with E-state index in [0.29, 0.717) is 0 Å². The van der Waals surface area contributed by atoms with E-state index in [4.69, 9.17) is 0 Å². The minimum atomic E-state index is -0.854. The minimum Gasteiger partial charge on any atom is -0.480 e. The summed E-state index contributed by atoms with van der Waals surface area (Å²) in [6.45, 7) is 3.88. The second-order valence-electron chi connectivity index (χ2n) is 4.38. The molecule has 4 nitrogen and oxygen atoms in total. The van der Waals surface area contributed by atoms with E-state index in [9.17, 15) is 9.90 Å². The Hall–Kier alpha value is -1.81. The van der Waals surface area contributed by atoms with Gasteiger partial charge in [-0.05, 0) is 31.5 Å². The molecule has 0 aliphatic rings. The Morgan fingerprint density at radius 3 is 2.76 bits per heavy atom. The molecule has 1 heterocycles. The number of aliphatic carboxylic acids is 1. The molecular formula is C13H16N2O2. The molecule has 0 saturated carbocycles. The molecular weight excluding hydrogens is 216 g/mol. The Balaban J connectivity index is 2.48. The Kier molecular flexibility index (Phi) is 3.15. The van der Waals surface area contributed by atoms with Gasteiger partial charge < -0.3 is 10.1 Å². The lowest BCUT2D eigenvalue weighted by Crippen LogP contribution is -2.33. The normalized spacial score (nSPS) is 13.1. The third-order valence-corrected chi connectivity index (χ3v) is 2.69. The van der Waals surface area contributed by atoms with Gasteiger partial charge in [-0.25, -0.2) is 0 Å². The molecule has 0 radical (unpaired) electrons. The van der Waals surface area contributed by atoms with Crippen LogP contribution in [-0.4, -0.2) is 22.1 Å². The van der Waals surface area contributed by atoms with E-state index in [1.54, 1.807) is 0 Å². The number of carbonyl (C=O) groups is 1. The molecule has 2 rings (SSSR count). The van der Waals surface area contributed by atoms with Gasteiger partial charge in [0, 0.05) is 23.1 Å². The summed E-state index contributed by atoms with van der Waals surface area (Å²) in [4.78, 5) is 14.4. The Bertz CT molecular complexity index is 531. The predicted octanol–water partition coefficient (Wildman–Crippen LogP) is 2.29. The first-order chi connectivity index (χ1) is 8.09. The van der Waals surface area contributed by atoms with Crippen LogP contribution in [0.4, 0.5) is 0 Å². The van der Waals surface area contributed by atoms with Crippen molar-refractivity contribution >= 4 is 16.9 Å². The van der Waals surface area contributed by atoms with Gasteiger partial charge in [-0.3, -0.25) is 10.1 Å². The molecule has 17 heavy (non-hydrogen) atoms. The first kappa shape index (κ1) is 11.7. The highest BCUT2D eigenvalue weighted by Crippen LogP contribution is 2.24. The van der Waals surface area contributed by atoms with E-state index in [2.05, 4.69) is 10.3 Å². The summed E-state index contributed by atoms with van der Waals surface area (Å²) in [6.07, 6.45) is 1.82. The summed E-state index contributed by atoms with van der Waals surface area (Å²) in [5, 5.41) is 13.3. The first-order valence-corrected chi connectivity index (χ1v) is 5.64. The molecule has 1 unspecified atom stereocenters. The number of benzene rings is 1. The number of carboxylic acids is 1. The highest BCUT2D eigenvalue weighted by atomic mass is 16.4. The third kappa shape index (κ3) is 2.31. The lowest BCUT2D eigenvalue weighted by molar-refractivity contribution is -0.139. The predicted molar refractivity (Wildman–Crippen MR) is 66.9 cm³/mol. The average molecular weight is 232 g/mol. The maximum Gasteiger partial charge on any atom is 0.325 e. The van der Waals surface area contributed by atoms with Crippen LogP contribution in [0.15, 0.2) is 30.5 Å². The first-order valence-electron chi connectivity index (χ1n) is 5.64. The monoisotopic (exact) mass is 232 g/mol. The van der Waals surface area contributed by atoms with Gasteiger partial charge in [0.05, 0.1) is 0 Å². The van der Waals surface area contributed by atoms with Crippen molar-refractivity contribution in [2.45, 2.75) is 25.9 Å². The van der Waals surface area contributed by atoms with Crippen LogP contribution >= 0.6 is 0 Å². The van der Waals surface area contributed by atoms with E-state index in [0.717, 1.165) is 16.5 Å². The smallest absolute Gasteiger partial charge is 0.325 e. The number of H-pyrrole nitrogens is 1. The molecule has 90 valence electrons. The van der Waals surface area contributed by atoms with E-state index < -0.39 is 12.0 Å². The van der Waals surface area contributed by atoms with E-state index in [1.165, 1.54) is 0 Å². The van der Waals surface area contributed by atoms with Gasteiger partial charge in [0.15, 0.2) is 0 Å². The van der Waals surface area contributed by atoms with Gasteiger partial charge in [-0.15, -0.1) is 0 Å². The number of aromatic nitrogens is 1. The third-order valence-electron chi connectivity index (χ3n) is 2.69. The molecule has 0 saturated heterocycles. The van der Waals surface area contributed by atoms with Crippen LogP contribution in [0.25, 0.3) is 10.9 Å². The zero-order chi connectivity index (χ0) is 12.4. The fourth-order valence-corrected chi connectivity index (χ4v) is 1.99. The van der Waals surface area contributed by atoms with Crippen LogP contribution in [0, 0.1) is 0 Å². The van der Waals surface area contributed by atoms with Gasteiger partial charge in [0.25, 0.3) is 0 Å². The van der Waals surface area contributed by atoms with E-state index >= 15 is 0 Å². The molecule has 0 amide bonds. The van der Waals surface area contributed by atoms with Gasteiger partial charge in [0.2, 0.25) is 0 Å². The van der Waals surface area contributed by atoms with Crippen LogP contribution in [0.5, 0.6) is 0 Å². The molecule has 0 aliphatic carbocycles. The maximum absolute atomic E-state index is 11.3. The molecule has 0 aliphatic heterocycles. The van der Waals surface area contributed by atoms with Crippen molar-refractivity contribution in [3.05, 3.63) is 36.0 Å². The SMILES string of the molecule is CC(C)NC(C(=O)O)c1cccc2[nH]ccc12. The summed E-state index contributed by atoms with van der Waals surface area (Å²) < 4.78 is 0. The summed E-state index contributed by atoms with van der Waals surface area (Å²) in [5.74, 6) is -0.854. The van der Waals surface area contributed by atoms with Crippen LogP contribution in [0.2, 0.25) is 0 Å². The van der Waals surface area contributed by atoms with Gasteiger partial charge in [0.1, 0.15) is 6.04 Å². The van der Waals surface area contributed by atoms with Crippen molar-refractivity contribution in [2.24, 2.45) is 0 Å². The number of hydrogen-bond acceptors (Lipinski definition) is 2. The summed E-state index contributed by atoms with van der Waals surface area (Å²) in [5.41, 5.74) is 1.75. The number of rotatable bonds is 4.